The minimum atomic E-state index is -0.799. The van der Waals surface area contributed by atoms with E-state index in [1.54, 1.807) is 6.92 Å². The molecule has 114 valence electrons. The summed E-state index contributed by atoms with van der Waals surface area (Å²) < 4.78 is 0. The Balaban J connectivity index is 0.00000361. The van der Waals surface area contributed by atoms with Gasteiger partial charge in [0.25, 0.3) is 0 Å². The Kier molecular flexibility index (Phi) is 8.94. The summed E-state index contributed by atoms with van der Waals surface area (Å²) in [5, 5.41) is 2.88. The van der Waals surface area contributed by atoms with Crippen LogP contribution in [0.5, 0.6) is 0 Å². The number of carbonyl (C=O) groups is 1. The molecule has 1 amide bonds. The standard InChI is InChI=1S/C15H24N2OS.ClH/c1-4-10-15(2,16)14(18)17-13-7-5-12(6-8-13)9-11-19-3;/h5-8H,4,9-11,16H2,1-3H3,(H,17,18);1H. The zero-order valence-electron chi connectivity index (χ0n) is 12.4. The normalized spacial score (nSPS) is 13.2. The van der Waals surface area contributed by atoms with Crippen molar-refractivity contribution in [1.29, 1.82) is 0 Å². The number of hydrogen-bond acceptors (Lipinski definition) is 3. The van der Waals surface area contributed by atoms with Gasteiger partial charge in [0, 0.05) is 5.69 Å². The van der Waals surface area contributed by atoms with Crippen molar-refractivity contribution >= 4 is 35.8 Å². The maximum absolute atomic E-state index is 12.0. The molecule has 0 saturated carbocycles. The van der Waals surface area contributed by atoms with Crippen molar-refractivity contribution in [2.75, 3.05) is 17.3 Å². The van der Waals surface area contributed by atoms with Crippen LogP contribution in [0.4, 0.5) is 5.69 Å². The molecule has 0 aliphatic heterocycles. The van der Waals surface area contributed by atoms with Gasteiger partial charge < -0.3 is 11.1 Å². The van der Waals surface area contributed by atoms with Crippen molar-refractivity contribution < 1.29 is 4.79 Å². The van der Waals surface area contributed by atoms with Gasteiger partial charge in [0.1, 0.15) is 0 Å². The van der Waals surface area contributed by atoms with Gasteiger partial charge in [0.05, 0.1) is 5.54 Å². The summed E-state index contributed by atoms with van der Waals surface area (Å²) in [5.41, 5.74) is 7.30. The number of aryl methyl sites for hydroxylation is 1. The lowest BCUT2D eigenvalue weighted by molar-refractivity contribution is -0.120. The first kappa shape index (κ1) is 19.3. The van der Waals surface area contributed by atoms with Crippen LogP contribution in [0.1, 0.15) is 32.3 Å². The average molecular weight is 317 g/mol. The lowest BCUT2D eigenvalue weighted by Crippen LogP contribution is -2.48. The zero-order valence-corrected chi connectivity index (χ0v) is 14.1. The van der Waals surface area contributed by atoms with Crippen LogP contribution in [-0.4, -0.2) is 23.5 Å². The fraction of sp³-hybridized carbons (Fsp3) is 0.533. The molecule has 0 radical (unpaired) electrons. The largest absolute Gasteiger partial charge is 0.325 e. The number of rotatable bonds is 7. The molecule has 0 spiro atoms. The number of thioether (sulfide) groups is 1. The summed E-state index contributed by atoms with van der Waals surface area (Å²) in [7, 11) is 0. The minimum absolute atomic E-state index is 0. The molecule has 5 heteroatoms. The van der Waals surface area contributed by atoms with Crippen molar-refractivity contribution in [2.45, 2.75) is 38.6 Å². The van der Waals surface area contributed by atoms with Crippen molar-refractivity contribution in [3.8, 4) is 0 Å². The highest BCUT2D eigenvalue weighted by molar-refractivity contribution is 7.98. The molecule has 20 heavy (non-hydrogen) atoms. The summed E-state index contributed by atoms with van der Waals surface area (Å²) in [4.78, 5) is 12.0. The van der Waals surface area contributed by atoms with Gasteiger partial charge in [-0.3, -0.25) is 4.79 Å². The molecule has 0 aromatic heterocycles. The third-order valence-electron chi connectivity index (χ3n) is 3.09. The van der Waals surface area contributed by atoms with Crippen LogP contribution >= 0.6 is 24.2 Å². The van der Waals surface area contributed by atoms with E-state index in [-0.39, 0.29) is 18.3 Å². The van der Waals surface area contributed by atoms with Crippen molar-refractivity contribution in [1.82, 2.24) is 0 Å². The first-order valence-electron chi connectivity index (χ1n) is 6.68. The summed E-state index contributed by atoms with van der Waals surface area (Å²) in [6.07, 6.45) is 4.74. The number of halogens is 1. The van der Waals surface area contributed by atoms with Crippen molar-refractivity contribution in [3.63, 3.8) is 0 Å². The van der Waals surface area contributed by atoms with Crippen LogP contribution < -0.4 is 11.1 Å². The van der Waals surface area contributed by atoms with Crippen molar-refractivity contribution in [3.05, 3.63) is 29.8 Å². The second-order valence-corrected chi connectivity index (χ2v) is 6.05. The van der Waals surface area contributed by atoms with Crippen LogP contribution in [0, 0.1) is 0 Å². The van der Waals surface area contributed by atoms with Crippen LogP contribution in [0.25, 0.3) is 0 Å². The molecule has 0 aliphatic rings. The first-order chi connectivity index (χ1) is 8.99. The van der Waals surface area contributed by atoms with E-state index < -0.39 is 5.54 Å². The summed E-state index contributed by atoms with van der Waals surface area (Å²) in [5.74, 6) is 0.995. The van der Waals surface area contributed by atoms with Gasteiger partial charge in [0.2, 0.25) is 5.91 Å². The highest BCUT2D eigenvalue weighted by atomic mass is 35.5. The Morgan fingerprint density at radius 2 is 1.95 bits per heavy atom. The lowest BCUT2D eigenvalue weighted by Gasteiger charge is -2.22. The van der Waals surface area contributed by atoms with Crippen LogP contribution in [0.3, 0.4) is 0 Å². The SMILES string of the molecule is CCCC(C)(N)C(=O)Nc1ccc(CCSC)cc1.Cl. The Bertz CT molecular complexity index is 407. The van der Waals surface area contributed by atoms with E-state index in [0.717, 1.165) is 24.3 Å². The summed E-state index contributed by atoms with van der Waals surface area (Å²) >= 11 is 1.83. The van der Waals surface area contributed by atoms with Gasteiger partial charge in [-0.15, -0.1) is 12.4 Å². The lowest BCUT2D eigenvalue weighted by atomic mass is 9.96. The average Bonchev–Trinajstić information content (AvgIpc) is 2.38. The summed E-state index contributed by atoms with van der Waals surface area (Å²) in [6.45, 7) is 3.80. The highest BCUT2D eigenvalue weighted by Gasteiger charge is 2.26. The third-order valence-corrected chi connectivity index (χ3v) is 3.71. The number of benzene rings is 1. The van der Waals surface area contributed by atoms with E-state index in [2.05, 4.69) is 23.7 Å². The maximum atomic E-state index is 12.0. The molecule has 3 N–H and O–H groups in total. The molecule has 1 unspecified atom stereocenters. The Morgan fingerprint density at radius 1 is 1.35 bits per heavy atom. The number of hydrogen-bond donors (Lipinski definition) is 2. The van der Waals surface area contributed by atoms with Crippen LogP contribution in [-0.2, 0) is 11.2 Å². The minimum Gasteiger partial charge on any atom is -0.325 e. The fourth-order valence-corrected chi connectivity index (χ4v) is 2.32. The summed E-state index contributed by atoms with van der Waals surface area (Å²) in [6, 6.07) is 7.99. The second-order valence-electron chi connectivity index (χ2n) is 5.06. The number of carbonyl (C=O) groups excluding carboxylic acids is 1. The van der Waals surface area contributed by atoms with Crippen molar-refractivity contribution in [2.24, 2.45) is 5.73 Å². The fourth-order valence-electron chi connectivity index (χ4n) is 1.88. The topological polar surface area (TPSA) is 55.1 Å². The predicted octanol–water partition coefficient (Wildman–Crippen LogP) is 3.47. The van der Waals surface area contributed by atoms with E-state index in [1.165, 1.54) is 5.56 Å². The number of nitrogens with two attached hydrogens (primary N) is 1. The molecule has 0 fully saturated rings. The van der Waals surface area contributed by atoms with Crippen LogP contribution in [0.2, 0.25) is 0 Å². The van der Waals surface area contributed by atoms with E-state index in [0.29, 0.717) is 6.42 Å². The molecule has 0 saturated heterocycles. The zero-order chi connectivity index (χ0) is 14.3. The molecule has 1 aromatic rings. The number of nitrogens with one attached hydrogen (secondary N) is 1. The Labute approximate surface area is 132 Å². The van der Waals surface area contributed by atoms with Gasteiger partial charge in [-0.25, -0.2) is 0 Å². The quantitative estimate of drug-likeness (QED) is 0.810. The molecule has 0 aliphatic carbocycles. The predicted molar refractivity (Wildman–Crippen MR) is 91.9 cm³/mol. The molecule has 3 nitrogen and oxygen atoms in total. The molecule has 1 atom stereocenters. The Morgan fingerprint density at radius 3 is 2.45 bits per heavy atom. The number of amides is 1. The molecule has 1 rings (SSSR count). The molecular formula is C15H25ClN2OS. The Hall–Kier alpha value is -0.710. The van der Waals surface area contributed by atoms with E-state index in [9.17, 15) is 4.79 Å². The van der Waals surface area contributed by atoms with Gasteiger partial charge in [0.15, 0.2) is 0 Å². The molecular weight excluding hydrogens is 292 g/mol. The van der Waals surface area contributed by atoms with Crippen LogP contribution in [0.15, 0.2) is 24.3 Å². The molecule has 0 bridgehead atoms. The van der Waals surface area contributed by atoms with Gasteiger partial charge in [-0.05, 0) is 49.5 Å². The highest BCUT2D eigenvalue weighted by Crippen LogP contribution is 2.15. The molecule has 1 aromatic carbocycles. The van der Waals surface area contributed by atoms with E-state index >= 15 is 0 Å². The van der Waals surface area contributed by atoms with Gasteiger partial charge in [-0.1, -0.05) is 25.5 Å². The van der Waals surface area contributed by atoms with E-state index in [1.807, 2.05) is 30.8 Å². The maximum Gasteiger partial charge on any atom is 0.244 e. The van der Waals surface area contributed by atoms with E-state index in [4.69, 9.17) is 5.73 Å². The first-order valence-corrected chi connectivity index (χ1v) is 8.07. The second kappa shape index (κ2) is 9.27. The third kappa shape index (κ3) is 6.16. The monoisotopic (exact) mass is 316 g/mol. The smallest absolute Gasteiger partial charge is 0.244 e. The number of anilines is 1. The molecule has 0 heterocycles. The van der Waals surface area contributed by atoms with Gasteiger partial charge in [-0.2, -0.15) is 11.8 Å². The van der Waals surface area contributed by atoms with Gasteiger partial charge >= 0.3 is 0 Å².